The highest BCUT2D eigenvalue weighted by Crippen LogP contribution is 2.23. The standard InChI is InChI=1S/C15H16N4S/c1-2-16-12-5-6-17-13(10-12)11-19-8-7-18-15(19)14-4-3-9-20-14/h3-10H,2,11H2,1H3,(H,16,17). The lowest BCUT2D eigenvalue weighted by molar-refractivity contribution is 0.783. The van der Waals surface area contributed by atoms with Crippen LogP contribution in [0.15, 0.2) is 48.2 Å². The number of aromatic nitrogens is 3. The molecule has 102 valence electrons. The van der Waals surface area contributed by atoms with E-state index >= 15 is 0 Å². The Morgan fingerprint density at radius 1 is 1.25 bits per heavy atom. The molecule has 0 spiro atoms. The van der Waals surface area contributed by atoms with Crippen molar-refractivity contribution < 1.29 is 0 Å². The number of rotatable bonds is 5. The van der Waals surface area contributed by atoms with Crippen LogP contribution in [0, 0.1) is 0 Å². The minimum Gasteiger partial charge on any atom is -0.385 e. The fraction of sp³-hybridized carbons (Fsp3) is 0.200. The lowest BCUT2D eigenvalue weighted by Gasteiger charge is -2.08. The van der Waals surface area contributed by atoms with Crippen LogP contribution >= 0.6 is 11.3 Å². The van der Waals surface area contributed by atoms with Crippen LogP contribution < -0.4 is 5.32 Å². The van der Waals surface area contributed by atoms with Crippen molar-refractivity contribution in [2.45, 2.75) is 13.5 Å². The molecule has 0 atom stereocenters. The second-order valence-electron chi connectivity index (χ2n) is 4.42. The van der Waals surface area contributed by atoms with E-state index in [4.69, 9.17) is 0 Å². The Bertz CT molecular complexity index is 673. The number of anilines is 1. The predicted octanol–water partition coefficient (Wildman–Crippen LogP) is 3.49. The number of hydrogen-bond acceptors (Lipinski definition) is 4. The van der Waals surface area contributed by atoms with Crippen LogP contribution in [-0.4, -0.2) is 21.1 Å². The topological polar surface area (TPSA) is 42.7 Å². The maximum absolute atomic E-state index is 4.44. The van der Waals surface area contributed by atoms with Crippen molar-refractivity contribution in [3.8, 4) is 10.7 Å². The second kappa shape index (κ2) is 5.88. The Morgan fingerprint density at radius 2 is 2.20 bits per heavy atom. The summed E-state index contributed by atoms with van der Waals surface area (Å²) >= 11 is 1.70. The van der Waals surface area contributed by atoms with E-state index in [0.29, 0.717) is 0 Å². The van der Waals surface area contributed by atoms with Gasteiger partial charge in [0.05, 0.1) is 17.1 Å². The summed E-state index contributed by atoms with van der Waals surface area (Å²) in [4.78, 5) is 10.1. The van der Waals surface area contributed by atoms with E-state index in [1.807, 2.05) is 30.7 Å². The van der Waals surface area contributed by atoms with Crippen LogP contribution in [0.25, 0.3) is 10.7 Å². The minimum atomic E-state index is 0.729. The van der Waals surface area contributed by atoms with Crippen LogP contribution in [-0.2, 0) is 6.54 Å². The number of pyridine rings is 1. The Hall–Kier alpha value is -2.14. The van der Waals surface area contributed by atoms with Gasteiger partial charge in [-0.05, 0) is 30.5 Å². The Morgan fingerprint density at radius 3 is 3.00 bits per heavy atom. The van der Waals surface area contributed by atoms with Crippen molar-refractivity contribution in [2.75, 3.05) is 11.9 Å². The monoisotopic (exact) mass is 284 g/mol. The SMILES string of the molecule is CCNc1ccnc(Cn2ccnc2-c2cccs2)c1. The van der Waals surface area contributed by atoms with E-state index in [9.17, 15) is 0 Å². The third-order valence-corrected chi connectivity index (χ3v) is 3.85. The molecule has 3 heterocycles. The zero-order chi connectivity index (χ0) is 13.8. The summed E-state index contributed by atoms with van der Waals surface area (Å²) in [6.45, 7) is 3.73. The lowest BCUT2D eigenvalue weighted by Crippen LogP contribution is -2.04. The molecule has 20 heavy (non-hydrogen) atoms. The van der Waals surface area contributed by atoms with Gasteiger partial charge in [-0.2, -0.15) is 0 Å². The molecule has 3 aromatic heterocycles. The summed E-state index contributed by atoms with van der Waals surface area (Å²) in [5.74, 6) is 0.996. The first-order valence-corrected chi connectivity index (χ1v) is 7.48. The molecule has 5 heteroatoms. The first kappa shape index (κ1) is 12.9. The molecule has 0 aliphatic rings. The molecule has 0 fully saturated rings. The van der Waals surface area contributed by atoms with Crippen molar-refractivity contribution in [3.05, 3.63) is 53.9 Å². The molecule has 0 unspecified atom stereocenters. The van der Waals surface area contributed by atoms with E-state index in [1.165, 1.54) is 4.88 Å². The van der Waals surface area contributed by atoms with E-state index in [1.54, 1.807) is 11.3 Å². The molecule has 0 saturated carbocycles. The van der Waals surface area contributed by atoms with Gasteiger partial charge in [-0.1, -0.05) is 6.07 Å². The molecule has 0 aliphatic heterocycles. The lowest BCUT2D eigenvalue weighted by atomic mass is 10.3. The highest BCUT2D eigenvalue weighted by atomic mass is 32.1. The van der Waals surface area contributed by atoms with Gasteiger partial charge in [-0.25, -0.2) is 4.98 Å². The number of imidazole rings is 1. The molecular weight excluding hydrogens is 268 g/mol. The second-order valence-corrected chi connectivity index (χ2v) is 5.37. The van der Waals surface area contributed by atoms with Gasteiger partial charge in [0, 0.05) is 30.8 Å². The van der Waals surface area contributed by atoms with E-state index in [0.717, 1.165) is 30.3 Å². The molecular formula is C15H16N4S. The summed E-state index contributed by atoms with van der Waals surface area (Å²) in [5, 5.41) is 5.37. The van der Waals surface area contributed by atoms with Crippen LogP contribution in [0.5, 0.6) is 0 Å². The van der Waals surface area contributed by atoms with Gasteiger partial charge in [0.2, 0.25) is 0 Å². The molecule has 0 bridgehead atoms. The summed E-state index contributed by atoms with van der Waals surface area (Å²) in [7, 11) is 0. The summed E-state index contributed by atoms with van der Waals surface area (Å²) in [5.41, 5.74) is 2.13. The predicted molar refractivity (Wildman–Crippen MR) is 83.0 cm³/mol. The summed E-state index contributed by atoms with van der Waals surface area (Å²) < 4.78 is 2.13. The number of thiophene rings is 1. The molecule has 0 saturated heterocycles. The highest BCUT2D eigenvalue weighted by molar-refractivity contribution is 7.13. The normalized spacial score (nSPS) is 10.7. The van der Waals surface area contributed by atoms with Gasteiger partial charge < -0.3 is 9.88 Å². The quantitative estimate of drug-likeness (QED) is 0.780. The smallest absolute Gasteiger partial charge is 0.150 e. The Kier molecular flexibility index (Phi) is 3.78. The maximum Gasteiger partial charge on any atom is 0.150 e. The molecule has 0 aliphatic carbocycles. The average molecular weight is 284 g/mol. The molecule has 1 N–H and O–H groups in total. The fourth-order valence-electron chi connectivity index (χ4n) is 2.12. The first-order valence-electron chi connectivity index (χ1n) is 6.60. The van der Waals surface area contributed by atoms with Crippen LogP contribution in [0.2, 0.25) is 0 Å². The number of nitrogens with one attached hydrogen (secondary N) is 1. The molecule has 0 amide bonds. The van der Waals surface area contributed by atoms with Crippen molar-refractivity contribution >= 4 is 17.0 Å². The minimum absolute atomic E-state index is 0.729. The molecule has 0 aromatic carbocycles. The molecule has 4 nitrogen and oxygen atoms in total. The molecule has 3 aromatic rings. The number of hydrogen-bond donors (Lipinski definition) is 1. The Balaban J connectivity index is 1.85. The maximum atomic E-state index is 4.44. The summed E-state index contributed by atoms with van der Waals surface area (Å²) in [6, 6.07) is 8.21. The van der Waals surface area contributed by atoms with Crippen molar-refractivity contribution in [1.82, 2.24) is 14.5 Å². The van der Waals surface area contributed by atoms with Gasteiger partial charge in [0.15, 0.2) is 0 Å². The van der Waals surface area contributed by atoms with E-state index in [-0.39, 0.29) is 0 Å². The summed E-state index contributed by atoms with van der Waals surface area (Å²) in [6.07, 6.45) is 5.68. The largest absolute Gasteiger partial charge is 0.385 e. The third kappa shape index (κ3) is 2.72. The molecule has 3 rings (SSSR count). The van der Waals surface area contributed by atoms with Crippen molar-refractivity contribution in [1.29, 1.82) is 0 Å². The molecule has 0 radical (unpaired) electrons. The van der Waals surface area contributed by atoms with E-state index in [2.05, 4.69) is 44.3 Å². The van der Waals surface area contributed by atoms with Gasteiger partial charge in [-0.15, -0.1) is 11.3 Å². The zero-order valence-electron chi connectivity index (χ0n) is 11.3. The van der Waals surface area contributed by atoms with Crippen LogP contribution in [0.3, 0.4) is 0 Å². The Labute approximate surface area is 122 Å². The van der Waals surface area contributed by atoms with Crippen LogP contribution in [0.1, 0.15) is 12.6 Å². The van der Waals surface area contributed by atoms with Gasteiger partial charge in [-0.3, -0.25) is 4.98 Å². The fourth-order valence-corrected chi connectivity index (χ4v) is 2.86. The van der Waals surface area contributed by atoms with Crippen LogP contribution in [0.4, 0.5) is 5.69 Å². The van der Waals surface area contributed by atoms with Crippen molar-refractivity contribution in [3.63, 3.8) is 0 Å². The average Bonchev–Trinajstić information content (AvgIpc) is 3.10. The zero-order valence-corrected chi connectivity index (χ0v) is 12.1. The van der Waals surface area contributed by atoms with Gasteiger partial charge in [0.25, 0.3) is 0 Å². The number of nitrogens with zero attached hydrogens (tertiary/aromatic N) is 3. The highest BCUT2D eigenvalue weighted by Gasteiger charge is 2.08. The van der Waals surface area contributed by atoms with Gasteiger partial charge in [0.1, 0.15) is 5.82 Å². The van der Waals surface area contributed by atoms with Gasteiger partial charge >= 0.3 is 0 Å². The third-order valence-electron chi connectivity index (χ3n) is 2.99. The first-order chi connectivity index (χ1) is 9.86. The van der Waals surface area contributed by atoms with E-state index < -0.39 is 0 Å². The van der Waals surface area contributed by atoms with Crippen molar-refractivity contribution in [2.24, 2.45) is 0 Å².